The highest BCUT2D eigenvalue weighted by Gasteiger charge is 2.14. The van der Waals surface area contributed by atoms with Crippen LogP contribution in [0.1, 0.15) is 31.8 Å². The molecule has 7 heteroatoms. The van der Waals surface area contributed by atoms with Gasteiger partial charge >= 0.3 is 0 Å². The highest BCUT2D eigenvalue weighted by atomic mass is 79.9. The molecule has 158 valence electrons. The molecule has 0 atom stereocenters. The number of aryl methyl sites for hydroxylation is 1. The summed E-state index contributed by atoms with van der Waals surface area (Å²) in [5, 5.41) is 8.65. The molecule has 0 heterocycles. The van der Waals surface area contributed by atoms with Gasteiger partial charge < -0.3 is 10.6 Å². The van der Waals surface area contributed by atoms with Crippen LogP contribution in [0.4, 0.5) is 5.69 Å². The van der Waals surface area contributed by atoms with Gasteiger partial charge in [-0.1, -0.05) is 64.5 Å². The summed E-state index contributed by atoms with van der Waals surface area (Å²) in [7, 11) is 0. The molecular weight excluding hydrogens is 474 g/mol. The first kappa shape index (κ1) is 22.7. The third kappa shape index (κ3) is 6.47. The molecule has 0 bridgehead atoms. The Morgan fingerprint density at radius 2 is 1.65 bits per heavy atom. The first-order valence-electron chi connectivity index (χ1n) is 9.73. The molecule has 0 radical (unpaired) electrons. The molecule has 3 rings (SSSR count). The zero-order valence-corrected chi connectivity index (χ0v) is 19.3. The lowest BCUT2D eigenvalue weighted by atomic mass is 10.1. The quantitative estimate of drug-likeness (QED) is 0.427. The van der Waals surface area contributed by atoms with E-state index in [1.165, 1.54) is 0 Å². The SMILES string of the molecule is Cc1ccc(C(=O)NC(=S)Nc2ccccc2C(=O)NCCc2ccccc2)cc1Br. The predicted octanol–water partition coefficient (Wildman–Crippen LogP) is 4.86. The number of thiocarbonyl (C=S) groups is 1. The molecule has 31 heavy (non-hydrogen) atoms. The number of carbonyl (C=O) groups excluding carboxylic acids is 2. The van der Waals surface area contributed by atoms with Crippen molar-refractivity contribution in [3.05, 3.63) is 99.5 Å². The van der Waals surface area contributed by atoms with Gasteiger partial charge in [0.05, 0.1) is 11.3 Å². The second-order valence-corrected chi connectivity index (χ2v) is 8.17. The molecule has 0 aromatic heterocycles. The molecule has 2 amide bonds. The van der Waals surface area contributed by atoms with Gasteiger partial charge in [-0.3, -0.25) is 14.9 Å². The number of amides is 2. The lowest BCUT2D eigenvalue weighted by molar-refractivity contribution is 0.0953. The molecular formula is C24H22BrN3O2S. The maximum Gasteiger partial charge on any atom is 0.257 e. The van der Waals surface area contributed by atoms with Crippen LogP contribution in [-0.2, 0) is 6.42 Å². The van der Waals surface area contributed by atoms with Crippen molar-refractivity contribution in [3.8, 4) is 0 Å². The lowest BCUT2D eigenvalue weighted by Gasteiger charge is -2.14. The van der Waals surface area contributed by atoms with E-state index in [4.69, 9.17) is 12.2 Å². The fourth-order valence-corrected chi connectivity index (χ4v) is 3.49. The molecule has 0 saturated heterocycles. The van der Waals surface area contributed by atoms with Crippen molar-refractivity contribution in [3.63, 3.8) is 0 Å². The monoisotopic (exact) mass is 495 g/mol. The fourth-order valence-electron chi connectivity index (χ4n) is 2.91. The third-order valence-electron chi connectivity index (χ3n) is 4.62. The maximum atomic E-state index is 12.7. The van der Waals surface area contributed by atoms with Crippen molar-refractivity contribution in [2.24, 2.45) is 0 Å². The van der Waals surface area contributed by atoms with E-state index in [1.807, 2.05) is 43.3 Å². The summed E-state index contributed by atoms with van der Waals surface area (Å²) in [5.41, 5.74) is 3.64. The highest BCUT2D eigenvalue weighted by molar-refractivity contribution is 9.10. The second-order valence-electron chi connectivity index (χ2n) is 6.91. The molecule has 3 aromatic rings. The van der Waals surface area contributed by atoms with Crippen molar-refractivity contribution in [2.75, 3.05) is 11.9 Å². The summed E-state index contributed by atoms with van der Waals surface area (Å²) < 4.78 is 0.844. The summed E-state index contributed by atoms with van der Waals surface area (Å²) in [5.74, 6) is -0.543. The number of halogens is 1. The van der Waals surface area contributed by atoms with Crippen LogP contribution in [0.3, 0.4) is 0 Å². The smallest absolute Gasteiger partial charge is 0.257 e. The van der Waals surface area contributed by atoms with Gasteiger partial charge in [0.25, 0.3) is 11.8 Å². The number of anilines is 1. The van der Waals surface area contributed by atoms with Gasteiger partial charge in [0.2, 0.25) is 0 Å². The number of hydrogen-bond acceptors (Lipinski definition) is 3. The minimum Gasteiger partial charge on any atom is -0.352 e. The first-order valence-corrected chi connectivity index (χ1v) is 10.9. The van der Waals surface area contributed by atoms with E-state index >= 15 is 0 Å². The second kappa shape index (κ2) is 10.8. The summed E-state index contributed by atoms with van der Waals surface area (Å²) in [6.45, 7) is 2.46. The topological polar surface area (TPSA) is 70.2 Å². The fraction of sp³-hybridized carbons (Fsp3) is 0.125. The largest absolute Gasteiger partial charge is 0.352 e. The van der Waals surface area contributed by atoms with Gasteiger partial charge in [-0.25, -0.2) is 0 Å². The van der Waals surface area contributed by atoms with E-state index in [9.17, 15) is 9.59 Å². The van der Waals surface area contributed by atoms with Gasteiger partial charge in [-0.05, 0) is 61.0 Å². The Morgan fingerprint density at radius 3 is 2.39 bits per heavy atom. The van der Waals surface area contributed by atoms with E-state index in [-0.39, 0.29) is 16.9 Å². The Balaban J connectivity index is 1.60. The molecule has 0 aliphatic carbocycles. The van der Waals surface area contributed by atoms with Crippen LogP contribution in [0, 0.1) is 6.92 Å². The summed E-state index contributed by atoms with van der Waals surface area (Å²) in [6.07, 6.45) is 0.739. The van der Waals surface area contributed by atoms with E-state index in [2.05, 4.69) is 31.9 Å². The number of rotatable bonds is 6. The Kier molecular flexibility index (Phi) is 7.92. The molecule has 5 nitrogen and oxygen atoms in total. The molecule has 0 spiro atoms. The van der Waals surface area contributed by atoms with E-state index in [0.717, 1.165) is 22.0 Å². The number of nitrogens with one attached hydrogen (secondary N) is 3. The lowest BCUT2D eigenvalue weighted by Crippen LogP contribution is -2.35. The standard InChI is InChI=1S/C24H22BrN3O2S/c1-16-11-12-18(15-20(16)25)22(29)28-24(31)27-21-10-6-5-9-19(21)23(30)26-14-13-17-7-3-2-4-8-17/h2-12,15H,13-14H2,1H3,(H,26,30)(H2,27,28,29,31). The average Bonchev–Trinajstić information content (AvgIpc) is 2.76. The van der Waals surface area contributed by atoms with Crippen LogP contribution in [0.25, 0.3) is 0 Å². The number of benzene rings is 3. The summed E-state index contributed by atoms with van der Waals surface area (Å²) in [4.78, 5) is 25.1. The maximum absolute atomic E-state index is 12.7. The Bertz CT molecular complexity index is 1100. The van der Waals surface area contributed by atoms with Crippen LogP contribution in [0.2, 0.25) is 0 Å². The van der Waals surface area contributed by atoms with Crippen molar-refractivity contribution in [1.29, 1.82) is 0 Å². The number of hydrogen-bond donors (Lipinski definition) is 3. The van der Waals surface area contributed by atoms with Crippen molar-refractivity contribution >= 4 is 50.8 Å². The molecule has 0 fully saturated rings. The minimum atomic E-state index is -0.331. The normalized spacial score (nSPS) is 10.3. The Labute approximate surface area is 195 Å². The highest BCUT2D eigenvalue weighted by Crippen LogP contribution is 2.18. The molecule has 0 unspecified atom stereocenters. The Morgan fingerprint density at radius 1 is 0.935 bits per heavy atom. The molecule has 0 aliphatic heterocycles. The van der Waals surface area contributed by atoms with Crippen LogP contribution < -0.4 is 16.0 Å². The summed E-state index contributed by atoms with van der Waals surface area (Å²) in [6, 6.07) is 22.3. The van der Waals surface area contributed by atoms with Gasteiger partial charge in [-0.15, -0.1) is 0 Å². The van der Waals surface area contributed by atoms with E-state index in [0.29, 0.717) is 23.4 Å². The van der Waals surface area contributed by atoms with Crippen LogP contribution >= 0.6 is 28.1 Å². The zero-order valence-electron chi connectivity index (χ0n) is 16.9. The first-order chi connectivity index (χ1) is 14.9. The Hall–Kier alpha value is -3.03. The van der Waals surface area contributed by atoms with Crippen molar-refractivity contribution < 1.29 is 9.59 Å². The van der Waals surface area contributed by atoms with Gasteiger partial charge in [0.1, 0.15) is 0 Å². The molecule has 3 N–H and O–H groups in total. The number of carbonyl (C=O) groups is 2. The minimum absolute atomic E-state index is 0.117. The van der Waals surface area contributed by atoms with Crippen molar-refractivity contribution in [2.45, 2.75) is 13.3 Å². The number of para-hydroxylation sites is 1. The van der Waals surface area contributed by atoms with E-state index < -0.39 is 0 Å². The van der Waals surface area contributed by atoms with Gasteiger partial charge in [-0.2, -0.15) is 0 Å². The predicted molar refractivity (Wildman–Crippen MR) is 131 cm³/mol. The van der Waals surface area contributed by atoms with E-state index in [1.54, 1.807) is 36.4 Å². The van der Waals surface area contributed by atoms with Crippen LogP contribution in [-0.4, -0.2) is 23.5 Å². The van der Waals surface area contributed by atoms with Gasteiger partial charge in [0.15, 0.2) is 5.11 Å². The summed E-state index contributed by atoms with van der Waals surface area (Å²) >= 11 is 8.70. The van der Waals surface area contributed by atoms with Gasteiger partial charge in [0, 0.05) is 16.6 Å². The average molecular weight is 496 g/mol. The zero-order chi connectivity index (χ0) is 22.2. The molecule has 3 aromatic carbocycles. The molecule has 0 saturated carbocycles. The van der Waals surface area contributed by atoms with Crippen LogP contribution in [0.15, 0.2) is 77.3 Å². The third-order valence-corrected chi connectivity index (χ3v) is 5.68. The molecule has 0 aliphatic rings. The van der Waals surface area contributed by atoms with Crippen molar-refractivity contribution in [1.82, 2.24) is 10.6 Å². The van der Waals surface area contributed by atoms with Crippen LogP contribution in [0.5, 0.6) is 0 Å².